The number of rotatable bonds is 7. The highest BCUT2D eigenvalue weighted by molar-refractivity contribution is 8.18. The molecule has 0 unspecified atom stereocenters. The van der Waals surface area contributed by atoms with Crippen LogP contribution in [0, 0.1) is 10.1 Å². The largest absolute Gasteiger partial charge is 0.545 e. The first-order valence-corrected chi connectivity index (χ1v) is 11.2. The van der Waals surface area contributed by atoms with E-state index in [0.29, 0.717) is 39.4 Å². The van der Waals surface area contributed by atoms with Gasteiger partial charge in [-0.3, -0.25) is 19.8 Å². The molecule has 0 spiro atoms. The van der Waals surface area contributed by atoms with Crippen molar-refractivity contribution in [1.29, 1.82) is 0 Å². The number of nitrogens with zero attached hydrogens (tertiary/aromatic N) is 3. The van der Waals surface area contributed by atoms with Crippen LogP contribution in [-0.2, 0) is 4.79 Å². The van der Waals surface area contributed by atoms with Gasteiger partial charge in [0, 0.05) is 18.7 Å². The average Bonchev–Trinajstić information content (AvgIpc) is 3.42. The zero-order valence-corrected chi connectivity index (χ0v) is 19.4. The fraction of sp³-hybridized carbons (Fsp3) is 0.125. The Balaban J connectivity index is 1.63. The van der Waals surface area contributed by atoms with Crippen LogP contribution < -0.4 is 9.84 Å². The summed E-state index contributed by atoms with van der Waals surface area (Å²) in [6.45, 7) is 2.17. The zero-order chi connectivity index (χ0) is 25.1. The summed E-state index contributed by atoms with van der Waals surface area (Å²) in [6.07, 6.45) is 1.58. The highest BCUT2D eigenvalue weighted by Gasteiger charge is 2.32. The fourth-order valence-electron chi connectivity index (χ4n) is 3.38. The molecular formula is C24H18N3O7S-. The van der Waals surface area contributed by atoms with Gasteiger partial charge in [0.05, 0.1) is 40.2 Å². The summed E-state index contributed by atoms with van der Waals surface area (Å²) in [6, 6.07) is 13.5. The van der Waals surface area contributed by atoms with Crippen molar-refractivity contribution in [3.63, 3.8) is 0 Å². The molecule has 0 radical (unpaired) electrons. The Labute approximate surface area is 203 Å². The number of carbonyl (C=O) groups is 2. The number of hydrogen-bond acceptors (Lipinski definition) is 9. The van der Waals surface area contributed by atoms with E-state index in [0.717, 1.165) is 11.8 Å². The maximum atomic E-state index is 12.9. The number of aliphatic imine (C=N–C) groups is 1. The van der Waals surface area contributed by atoms with E-state index in [9.17, 15) is 24.8 Å². The number of likely N-dealkylation sites (N-methyl/N-ethyl adjacent to an activating group) is 1. The molecule has 178 valence electrons. The number of carboxylic acids is 1. The Morgan fingerprint density at radius 2 is 2.03 bits per heavy atom. The monoisotopic (exact) mass is 492 g/mol. The van der Waals surface area contributed by atoms with Gasteiger partial charge in [0.25, 0.3) is 11.6 Å². The van der Waals surface area contributed by atoms with Crippen molar-refractivity contribution in [2.45, 2.75) is 6.92 Å². The molecule has 0 atom stereocenters. The van der Waals surface area contributed by atoms with Gasteiger partial charge in [0.2, 0.25) is 0 Å². The number of amides is 1. The normalized spacial score (nSPS) is 15.7. The number of thioether (sulfide) groups is 1. The molecule has 4 rings (SSSR count). The lowest BCUT2D eigenvalue weighted by molar-refractivity contribution is -0.384. The summed E-state index contributed by atoms with van der Waals surface area (Å²) in [7, 11) is 1.41. The molecule has 0 N–H and O–H groups in total. The zero-order valence-electron chi connectivity index (χ0n) is 18.6. The Kier molecular flexibility index (Phi) is 6.69. The standard InChI is InChI=1S/C24H19N3O7S/c1-3-26-22(28)21(35-24(26)25-15-6-4-5-14(11-15)23(29)30)13-17-8-10-19(34-17)18-9-7-16(27(31)32)12-20(18)33-2/h4-13H,3H2,1-2H3,(H,29,30)/p-1/b21-13-,25-24?. The van der Waals surface area contributed by atoms with Crippen molar-refractivity contribution in [3.05, 3.63) is 80.9 Å². The first-order valence-electron chi connectivity index (χ1n) is 10.3. The van der Waals surface area contributed by atoms with Gasteiger partial charge in [-0.2, -0.15) is 0 Å². The van der Waals surface area contributed by atoms with Crippen LogP contribution in [0.4, 0.5) is 11.4 Å². The molecule has 1 amide bonds. The van der Waals surface area contributed by atoms with Crippen LogP contribution in [0.5, 0.6) is 5.75 Å². The number of carbonyl (C=O) groups excluding carboxylic acids is 2. The third-order valence-electron chi connectivity index (χ3n) is 5.07. The highest BCUT2D eigenvalue weighted by Crippen LogP contribution is 2.37. The molecular weight excluding hydrogens is 474 g/mol. The summed E-state index contributed by atoms with van der Waals surface area (Å²) in [5.41, 5.74) is 0.791. The van der Waals surface area contributed by atoms with Crippen molar-refractivity contribution >= 4 is 46.3 Å². The van der Waals surface area contributed by atoms with Gasteiger partial charge >= 0.3 is 0 Å². The molecule has 1 fully saturated rings. The molecule has 10 nitrogen and oxygen atoms in total. The molecule has 2 aromatic carbocycles. The molecule has 3 aromatic rings. The third-order valence-corrected chi connectivity index (χ3v) is 6.08. The maximum Gasteiger partial charge on any atom is 0.273 e. The Morgan fingerprint density at radius 1 is 1.23 bits per heavy atom. The lowest BCUT2D eigenvalue weighted by Gasteiger charge is -2.12. The van der Waals surface area contributed by atoms with Crippen LogP contribution >= 0.6 is 11.8 Å². The lowest BCUT2D eigenvalue weighted by atomic mass is 10.1. The predicted octanol–water partition coefficient (Wildman–Crippen LogP) is 3.85. The van der Waals surface area contributed by atoms with E-state index in [1.807, 2.05) is 0 Å². The SMILES string of the molecule is CCN1C(=O)/C(=C/c2ccc(-c3ccc([N+](=O)[O-])cc3OC)o2)SC1=Nc1cccc(C(=O)[O-])c1. The molecule has 1 aliphatic heterocycles. The topological polar surface area (TPSA) is 138 Å². The van der Waals surface area contributed by atoms with Crippen molar-refractivity contribution in [1.82, 2.24) is 4.90 Å². The van der Waals surface area contributed by atoms with Gasteiger partial charge in [-0.05, 0) is 54.6 Å². The molecule has 0 aliphatic carbocycles. The van der Waals surface area contributed by atoms with E-state index in [1.165, 1.54) is 42.3 Å². The second-order valence-electron chi connectivity index (χ2n) is 7.24. The number of hydrogen-bond donors (Lipinski definition) is 0. The lowest BCUT2D eigenvalue weighted by Crippen LogP contribution is -2.28. The number of nitro benzene ring substituents is 1. The summed E-state index contributed by atoms with van der Waals surface area (Å²) in [4.78, 5) is 40.9. The van der Waals surface area contributed by atoms with Crippen molar-refractivity contribution in [2.75, 3.05) is 13.7 Å². The van der Waals surface area contributed by atoms with E-state index in [1.54, 1.807) is 37.3 Å². The molecule has 1 saturated heterocycles. The number of furan rings is 1. The van der Waals surface area contributed by atoms with E-state index >= 15 is 0 Å². The number of amidine groups is 1. The molecule has 1 aromatic heterocycles. The molecule has 1 aliphatic rings. The smallest absolute Gasteiger partial charge is 0.273 e. The minimum absolute atomic E-state index is 0.00947. The average molecular weight is 492 g/mol. The second-order valence-corrected chi connectivity index (χ2v) is 8.25. The van der Waals surface area contributed by atoms with Crippen LogP contribution in [0.25, 0.3) is 17.4 Å². The van der Waals surface area contributed by atoms with Crippen LogP contribution in [0.3, 0.4) is 0 Å². The Morgan fingerprint density at radius 3 is 2.71 bits per heavy atom. The molecule has 35 heavy (non-hydrogen) atoms. The number of carboxylic acid groups (broad SMARTS) is 1. The molecule has 0 bridgehead atoms. The maximum absolute atomic E-state index is 12.9. The van der Waals surface area contributed by atoms with Gasteiger partial charge in [-0.1, -0.05) is 12.1 Å². The number of ether oxygens (including phenoxy) is 1. The molecule has 2 heterocycles. The number of non-ortho nitro benzene ring substituents is 1. The van der Waals surface area contributed by atoms with E-state index in [2.05, 4.69) is 4.99 Å². The minimum atomic E-state index is -1.31. The third kappa shape index (κ3) is 4.94. The Hall–Kier alpha value is -4.38. The van der Waals surface area contributed by atoms with Gasteiger partial charge in [-0.15, -0.1) is 0 Å². The number of aromatic carboxylic acids is 1. The number of benzene rings is 2. The van der Waals surface area contributed by atoms with Crippen LogP contribution in [0.1, 0.15) is 23.0 Å². The van der Waals surface area contributed by atoms with Crippen LogP contribution in [0.15, 0.2) is 68.9 Å². The van der Waals surface area contributed by atoms with Crippen LogP contribution in [-0.4, -0.2) is 40.5 Å². The van der Waals surface area contributed by atoms with Gasteiger partial charge < -0.3 is 19.1 Å². The minimum Gasteiger partial charge on any atom is -0.545 e. The summed E-state index contributed by atoms with van der Waals surface area (Å²) in [5, 5.41) is 22.6. The van der Waals surface area contributed by atoms with Crippen molar-refractivity contribution in [3.8, 4) is 17.1 Å². The fourth-order valence-corrected chi connectivity index (χ4v) is 4.43. The summed E-state index contributed by atoms with van der Waals surface area (Å²) < 4.78 is 11.1. The van der Waals surface area contributed by atoms with Gasteiger partial charge in [0.1, 0.15) is 17.3 Å². The second kappa shape index (κ2) is 9.85. The highest BCUT2D eigenvalue weighted by atomic mass is 32.2. The summed E-state index contributed by atoms with van der Waals surface area (Å²) in [5.74, 6) is -0.483. The first-order chi connectivity index (χ1) is 16.8. The van der Waals surface area contributed by atoms with Gasteiger partial charge in [-0.25, -0.2) is 4.99 Å². The molecule has 11 heteroatoms. The Bertz CT molecular complexity index is 1390. The van der Waals surface area contributed by atoms with Crippen molar-refractivity contribution < 1.29 is 28.8 Å². The number of methoxy groups -OCH3 is 1. The first kappa shape index (κ1) is 23.8. The van der Waals surface area contributed by atoms with E-state index < -0.39 is 10.9 Å². The predicted molar refractivity (Wildman–Crippen MR) is 128 cm³/mol. The van der Waals surface area contributed by atoms with Crippen molar-refractivity contribution in [2.24, 2.45) is 4.99 Å². The van der Waals surface area contributed by atoms with Crippen LogP contribution in [0.2, 0.25) is 0 Å². The van der Waals surface area contributed by atoms with E-state index in [-0.39, 0.29) is 22.9 Å². The number of nitro groups is 1. The molecule has 0 saturated carbocycles. The summed E-state index contributed by atoms with van der Waals surface area (Å²) >= 11 is 1.14. The van der Waals surface area contributed by atoms with Gasteiger partial charge in [0.15, 0.2) is 5.17 Å². The van der Waals surface area contributed by atoms with E-state index in [4.69, 9.17) is 9.15 Å². The quantitative estimate of drug-likeness (QED) is 0.275.